The maximum absolute atomic E-state index is 11.3. The van der Waals surface area contributed by atoms with Crippen LogP contribution >= 0.6 is 0 Å². The van der Waals surface area contributed by atoms with Crippen LogP contribution in [0.1, 0.15) is 33.6 Å². The van der Waals surface area contributed by atoms with E-state index in [-0.39, 0.29) is 17.4 Å². The van der Waals surface area contributed by atoms with Crippen molar-refractivity contribution < 1.29 is 4.79 Å². The van der Waals surface area contributed by atoms with Gasteiger partial charge < -0.3 is 10.6 Å². The van der Waals surface area contributed by atoms with Gasteiger partial charge in [-0.25, -0.2) is 0 Å². The molecule has 0 spiro atoms. The molecule has 0 aliphatic carbocycles. The molecule has 3 nitrogen and oxygen atoms in total. The van der Waals surface area contributed by atoms with E-state index in [1.54, 1.807) is 7.05 Å². The second-order valence-corrected chi connectivity index (χ2v) is 4.83. The number of carbonyl (C=O) groups is 1. The van der Waals surface area contributed by atoms with Crippen LogP contribution in [-0.4, -0.2) is 25.0 Å². The third-order valence-electron chi connectivity index (χ3n) is 2.75. The molecule has 3 heteroatoms. The Balaban J connectivity index is 2.50. The summed E-state index contributed by atoms with van der Waals surface area (Å²) in [4.78, 5) is 11.3. The van der Waals surface area contributed by atoms with Crippen molar-refractivity contribution in [2.24, 2.45) is 5.41 Å². The van der Waals surface area contributed by atoms with Crippen LogP contribution in [0.5, 0.6) is 0 Å². The lowest BCUT2D eigenvalue weighted by Crippen LogP contribution is -2.45. The molecule has 1 amide bonds. The Morgan fingerprint density at radius 1 is 1.38 bits per heavy atom. The van der Waals surface area contributed by atoms with E-state index in [0.717, 1.165) is 12.8 Å². The number of carbonyl (C=O) groups excluding carboxylic acids is 1. The number of likely N-dealkylation sites (N-methyl/N-ethyl adjacent to an activating group) is 1. The Morgan fingerprint density at radius 2 is 2.00 bits per heavy atom. The zero-order valence-electron chi connectivity index (χ0n) is 8.98. The first kappa shape index (κ1) is 10.5. The molecular weight excluding hydrogens is 164 g/mol. The van der Waals surface area contributed by atoms with Gasteiger partial charge in [0.25, 0.3) is 0 Å². The standard InChI is InChI=1S/C10H20N2O/c1-10(2,3)8-6-5-7(12-8)9(13)11-4/h7-8,12H,5-6H2,1-4H3,(H,11,13)/t7-,8-/m0/s1. The fourth-order valence-electron chi connectivity index (χ4n) is 1.81. The lowest BCUT2D eigenvalue weighted by Gasteiger charge is -2.27. The summed E-state index contributed by atoms with van der Waals surface area (Å²) in [5.41, 5.74) is 0.253. The molecule has 0 aromatic heterocycles. The van der Waals surface area contributed by atoms with Crippen molar-refractivity contribution in [2.75, 3.05) is 7.05 Å². The first-order valence-electron chi connectivity index (χ1n) is 4.93. The van der Waals surface area contributed by atoms with Gasteiger partial charge in [-0.1, -0.05) is 20.8 Å². The first-order valence-corrected chi connectivity index (χ1v) is 4.93. The molecule has 1 rings (SSSR count). The van der Waals surface area contributed by atoms with Crippen LogP contribution in [-0.2, 0) is 4.79 Å². The molecular formula is C10H20N2O. The monoisotopic (exact) mass is 184 g/mol. The number of nitrogens with one attached hydrogen (secondary N) is 2. The minimum atomic E-state index is 0.0224. The number of rotatable bonds is 1. The molecule has 0 unspecified atom stereocenters. The number of amides is 1. The normalized spacial score (nSPS) is 28.9. The predicted molar refractivity (Wildman–Crippen MR) is 53.5 cm³/mol. The summed E-state index contributed by atoms with van der Waals surface area (Å²) >= 11 is 0. The molecule has 76 valence electrons. The highest BCUT2D eigenvalue weighted by molar-refractivity contribution is 5.81. The third kappa shape index (κ3) is 2.44. The molecule has 2 N–H and O–H groups in total. The zero-order valence-corrected chi connectivity index (χ0v) is 8.98. The summed E-state index contributed by atoms with van der Waals surface area (Å²) < 4.78 is 0. The molecule has 0 radical (unpaired) electrons. The van der Waals surface area contributed by atoms with Crippen LogP contribution < -0.4 is 10.6 Å². The van der Waals surface area contributed by atoms with E-state index in [0.29, 0.717) is 6.04 Å². The van der Waals surface area contributed by atoms with Crippen molar-refractivity contribution in [3.05, 3.63) is 0 Å². The van der Waals surface area contributed by atoms with Gasteiger partial charge in [0.1, 0.15) is 0 Å². The van der Waals surface area contributed by atoms with Crippen LogP contribution in [0.25, 0.3) is 0 Å². The summed E-state index contributed by atoms with van der Waals surface area (Å²) in [6, 6.07) is 0.490. The summed E-state index contributed by atoms with van der Waals surface area (Å²) in [5.74, 6) is 0.117. The highest BCUT2D eigenvalue weighted by Gasteiger charge is 2.34. The lowest BCUT2D eigenvalue weighted by molar-refractivity contribution is -0.122. The van der Waals surface area contributed by atoms with Gasteiger partial charge in [-0.15, -0.1) is 0 Å². The second-order valence-electron chi connectivity index (χ2n) is 4.83. The molecule has 0 saturated carbocycles. The van der Waals surface area contributed by atoms with Crippen molar-refractivity contribution in [3.8, 4) is 0 Å². The van der Waals surface area contributed by atoms with E-state index < -0.39 is 0 Å². The van der Waals surface area contributed by atoms with Crippen molar-refractivity contribution in [1.29, 1.82) is 0 Å². The first-order chi connectivity index (χ1) is 5.95. The van der Waals surface area contributed by atoms with Crippen molar-refractivity contribution in [2.45, 2.75) is 45.7 Å². The molecule has 2 atom stereocenters. The predicted octanol–water partition coefficient (Wildman–Crippen LogP) is 0.899. The van der Waals surface area contributed by atoms with Gasteiger partial charge in [-0.2, -0.15) is 0 Å². The SMILES string of the molecule is CNC(=O)[C@@H]1CC[C@@H](C(C)(C)C)N1. The van der Waals surface area contributed by atoms with E-state index in [1.165, 1.54) is 0 Å². The van der Waals surface area contributed by atoms with Crippen LogP contribution in [0.2, 0.25) is 0 Å². The molecule has 1 fully saturated rings. The summed E-state index contributed by atoms with van der Waals surface area (Å²) in [6.07, 6.45) is 2.06. The topological polar surface area (TPSA) is 41.1 Å². The smallest absolute Gasteiger partial charge is 0.236 e. The molecule has 1 heterocycles. The Bertz CT molecular complexity index is 196. The van der Waals surface area contributed by atoms with E-state index >= 15 is 0 Å². The van der Waals surface area contributed by atoms with Gasteiger partial charge in [-0.05, 0) is 18.3 Å². The van der Waals surface area contributed by atoms with E-state index in [4.69, 9.17) is 0 Å². The van der Waals surface area contributed by atoms with Crippen LogP contribution in [0.4, 0.5) is 0 Å². The lowest BCUT2D eigenvalue weighted by atomic mass is 9.86. The van der Waals surface area contributed by atoms with Gasteiger partial charge in [0, 0.05) is 13.1 Å². The Morgan fingerprint density at radius 3 is 2.38 bits per heavy atom. The second kappa shape index (κ2) is 3.66. The van der Waals surface area contributed by atoms with Gasteiger partial charge in [0.15, 0.2) is 0 Å². The number of hydrogen-bond acceptors (Lipinski definition) is 2. The fourth-order valence-corrected chi connectivity index (χ4v) is 1.81. The van der Waals surface area contributed by atoms with Gasteiger partial charge in [0.2, 0.25) is 5.91 Å². The third-order valence-corrected chi connectivity index (χ3v) is 2.75. The molecule has 0 bridgehead atoms. The Labute approximate surface area is 80.3 Å². The molecule has 1 saturated heterocycles. The summed E-state index contributed by atoms with van der Waals surface area (Å²) in [7, 11) is 1.69. The molecule has 13 heavy (non-hydrogen) atoms. The van der Waals surface area contributed by atoms with E-state index in [2.05, 4.69) is 31.4 Å². The zero-order chi connectivity index (χ0) is 10.1. The average molecular weight is 184 g/mol. The Hall–Kier alpha value is -0.570. The molecule has 0 aromatic rings. The quantitative estimate of drug-likeness (QED) is 0.635. The maximum Gasteiger partial charge on any atom is 0.236 e. The number of hydrogen-bond donors (Lipinski definition) is 2. The van der Waals surface area contributed by atoms with Gasteiger partial charge in [-0.3, -0.25) is 4.79 Å². The highest BCUT2D eigenvalue weighted by Crippen LogP contribution is 2.28. The van der Waals surface area contributed by atoms with E-state index in [1.807, 2.05) is 0 Å². The maximum atomic E-state index is 11.3. The van der Waals surface area contributed by atoms with Crippen molar-refractivity contribution >= 4 is 5.91 Å². The minimum absolute atomic E-state index is 0.0224. The summed E-state index contributed by atoms with van der Waals surface area (Å²) in [6.45, 7) is 6.62. The van der Waals surface area contributed by atoms with Crippen LogP contribution in [0.3, 0.4) is 0 Å². The fraction of sp³-hybridized carbons (Fsp3) is 0.900. The average Bonchev–Trinajstić information content (AvgIpc) is 2.50. The molecule has 1 aliphatic rings. The molecule has 1 aliphatic heterocycles. The minimum Gasteiger partial charge on any atom is -0.358 e. The van der Waals surface area contributed by atoms with Crippen molar-refractivity contribution in [3.63, 3.8) is 0 Å². The Kier molecular flexibility index (Phi) is 2.96. The van der Waals surface area contributed by atoms with Crippen molar-refractivity contribution in [1.82, 2.24) is 10.6 Å². The highest BCUT2D eigenvalue weighted by atomic mass is 16.2. The summed E-state index contributed by atoms with van der Waals surface area (Å²) in [5, 5.41) is 6.05. The van der Waals surface area contributed by atoms with Crippen LogP contribution in [0.15, 0.2) is 0 Å². The van der Waals surface area contributed by atoms with Gasteiger partial charge >= 0.3 is 0 Å². The van der Waals surface area contributed by atoms with E-state index in [9.17, 15) is 4.79 Å². The van der Waals surface area contributed by atoms with Crippen LogP contribution in [0, 0.1) is 5.41 Å². The largest absolute Gasteiger partial charge is 0.358 e. The van der Waals surface area contributed by atoms with Gasteiger partial charge in [0.05, 0.1) is 6.04 Å². The molecule has 0 aromatic carbocycles.